The molecule has 0 saturated carbocycles. The normalized spacial score (nSPS) is 12.5. The van der Waals surface area contributed by atoms with E-state index in [4.69, 9.17) is 19.0 Å². The van der Waals surface area contributed by atoms with Crippen molar-refractivity contribution in [3.63, 3.8) is 0 Å². The van der Waals surface area contributed by atoms with E-state index in [2.05, 4.69) is 55.6 Å². The summed E-state index contributed by atoms with van der Waals surface area (Å²) in [5.74, 6) is 3.24. The van der Waals surface area contributed by atoms with Crippen LogP contribution in [0.25, 0.3) is 0 Å². The molecular formula is C24H38N4O3. The number of aryl methyl sites for hydroxylation is 2. The molecular weight excluding hydrogens is 392 g/mol. The molecule has 7 nitrogen and oxygen atoms in total. The maximum absolute atomic E-state index is 5.94. The Labute approximate surface area is 186 Å². The summed E-state index contributed by atoms with van der Waals surface area (Å²) >= 11 is 0. The minimum atomic E-state index is 0.0565. The number of aliphatic imine (C=N–C) groups is 1. The Morgan fingerprint density at radius 2 is 1.81 bits per heavy atom. The molecule has 31 heavy (non-hydrogen) atoms. The van der Waals surface area contributed by atoms with Crippen LogP contribution >= 0.6 is 0 Å². The smallest absolute Gasteiger partial charge is 0.191 e. The zero-order chi connectivity index (χ0) is 22.6. The van der Waals surface area contributed by atoms with Crippen molar-refractivity contribution < 1.29 is 14.0 Å². The Morgan fingerprint density at radius 1 is 1.10 bits per heavy atom. The van der Waals surface area contributed by atoms with Gasteiger partial charge in [-0.25, -0.2) is 0 Å². The van der Waals surface area contributed by atoms with Crippen LogP contribution in [-0.2, 0) is 6.42 Å². The molecule has 1 atom stereocenters. The SMILES string of the molecule is CCCOc1ccc(C(C)NC(=NCCc2c(C)noc2C)NCC)cc1OCCC. The summed E-state index contributed by atoms with van der Waals surface area (Å²) in [7, 11) is 0. The molecule has 1 heterocycles. The van der Waals surface area contributed by atoms with Crippen LogP contribution in [0.2, 0.25) is 0 Å². The van der Waals surface area contributed by atoms with E-state index in [1.165, 1.54) is 0 Å². The van der Waals surface area contributed by atoms with Gasteiger partial charge in [-0.3, -0.25) is 4.99 Å². The lowest BCUT2D eigenvalue weighted by Gasteiger charge is -2.20. The van der Waals surface area contributed by atoms with Crippen LogP contribution in [-0.4, -0.2) is 37.4 Å². The fourth-order valence-electron chi connectivity index (χ4n) is 3.20. The van der Waals surface area contributed by atoms with E-state index in [-0.39, 0.29) is 6.04 Å². The molecule has 2 N–H and O–H groups in total. The number of nitrogens with zero attached hydrogens (tertiary/aromatic N) is 2. The number of hydrogen-bond acceptors (Lipinski definition) is 5. The Bertz CT molecular complexity index is 813. The zero-order valence-electron chi connectivity index (χ0n) is 19.9. The molecule has 1 unspecified atom stereocenters. The molecule has 1 aromatic heterocycles. The predicted octanol–water partition coefficient (Wildman–Crippen LogP) is 4.73. The van der Waals surface area contributed by atoms with Gasteiger partial charge in [0.15, 0.2) is 17.5 Å². The van der Waals surface area contributed by atoms with Crippen molar-refractivity contribution in [2.75, 3.05) is 26.3 Å². The summed E-state index contributed by atoms with van der Waals surface area (Å²) in [5.41, 5.74) is 3.18. The maximum atomic E-state index is 5.94. The first-order valence-corrected chi connectivity index (χ1v) is 11.4. The van der Waals surface area contributed by atoms with Gasteiger partial charge in [-0.2, -0.15) is 0 Å². The predicted molar refractivity (Wildman–Crippen MR) is 125 cm³/mol. The third kappa shape index (κ3) is 7.49. The van der Waals surface area contributed by atoms with E-state index >= 15 is 0 Å². The first-order valence-electron chi connectivity index (χ1n) is 11.4. The molecule has 0 spiro atoms. The highest BCUT2D eigenvalue weighted by Gasteiger charge is 2.13. The number of hydrogen-bond donors (Lipinski definition) is 2. The fraction of sp³-hybridized carbons (Fsp3) is 0.583. The van der Waals surface area contributed by atoms with Gasteiger partial charge in [0.2, 0.25) is 0 Å². The summed E-state index contributed by atoms with van der Waals surface area (Å²) in [6.07, 6.45) is 2.71. The first kappa shape index (κ1) is 24.6. The molecule has 1 aromatic carbocycles. The number of guanidine groups is 1. The quantitative estimate of drug-likeness (QED) is 0.374. The standard InChI is InChI=1S/C24H38N4O3/c1-7-14-29-22-11-10-20(16-23(22)30-15-8-2)17(4)27-24(25-9-3)26-13-12-21-18(5)28-31-19(21)6/h10-11,16-17H,7-9,12-15H2,1-6H3,(H2,25,26,27). The summed E-state index contributed by atoms with van der Waals surface area (Å²) < 4.78 is 17.0. The van der Waals surface area contributed by atoms with Gasteiger partial charge in [0.25, 0.3) is 0 Å². The third-order valence-corrected chi connectivity index (χ3v) is 4.90. The summed E-state index contributed by atoms with van der Waals surface area (Å²) in [6.45, 7) is 15.1. The average Bonchev–Trinajstić information content (AvgIpc) is 3.08. The molecule has 2 aromatic rings. The summed E-state index contributed by atoms with van der Waals surface area (Å²) in [5, 5.41) is 10.8. The number of benzene rings is 1. The van der Waals surface area contributed by atoms with Gasteiger partial charge in [0, 0.05) is 18.7 Å². The van der Waals surface area contributed by atoms with Crippen molar-refractivity contribution in [3.8, 4) is 11.5 Å². The van der Waals surface area contributed by atoms with Gasteiger partial charge >= 0.3 is 0 Å². The van der Waals surface area contributed by atoms with Crippen LogP contribution < -0.4 is 20.1 Å². The van der Waals surface area contributed by atoms with Gasteiger partial charge in [0.05, 0.1) is 24.9 Å². The fourth-order valence-corrected chi connectivity index (χ4v) is 3.20. The van der Waals surface area contributed by atoms with Crippen molar-refractivity contribution in [2.45, 2.75) is 66.8 Å². The van der Waals surface area contributed by atoms with Crippen LogP contribution in [0.4, 0.5) is 0 Å². The van der Waals surface area contributed by atoms with Gasteiger partial charge in [-0.15, -0.1) is 0 Å². The molecule has 0 fully saturated rings. The highest BCUT2D eigenvalue weighted by molar-refractivity contribution is 5.80. The number of nitrogens with one attached hydrogen (secondary N) is 2. The second-order valence-corrected chi connectivity index (χ2v) is 7.58. The van der Waals surface area contributed by atoms with Crippen LogP contribution in [0.3, 0.4) is 0 Å². The second kappa shape index (κ2) is 12.9. The van der Waals surface area contributed by atoms with E-state index in [0.717, 1.165) is 65.8 Å². The summed E-state index contributed by atoms with van der Waals surface area (Å²) in [6, 6.07) is 6.19. The van der Waals surface area contributed by atoms with Crippen LogP contribution in [0.5, 0.6) is 11.5 Å². The minimum Gasteiger partial charge on any atom is -0.490 e. The largest absolute Gasteiger partial charge is 0.490 e. The average molecular weight is 431 g/mol. The van der Waals surface area contributed by atoms with Crippen LogP contribution in [0.15, 0.2) is 27.7 Å². The van der Waals surface area contributed by atoms with E-state index in [0.29, 0.717) is 19.8 Å². The minimum absolute atomic E-state index is 0.0565. The zero-order valence-corrected chi connectivity index (χ0v) is 19.9. The lowest BCUT2D eigenvalue weighted by atomic mass is 10.1. The van der Waals surface area contributed by atoms with Crippen LogP contribution in [0, 0.1) is 13.8 Å². The molecule has 0 aliphatic rings. The van der Waals surface area contributed by atoms with Gasteiger partial charge < -0.3 is 24.6 Å². The van der Waals surface area contributed by atoms with Gasteiger partial charge in [-0.05, 0) is 64.7 Å². The van der Waals surface area contributed by atoms with E-state index in [9.17, 15) is 0 Å². The lowest BCUT2D eigenvalue weighted by Crippen LogP contribution is -2.38. The Hall–Kier alpha value is -2.70. The van der Waals surface area contributed by atoms with Crippen molar-refractivity contribution in [2.24, 2.45) is 4.99 Å². The molecule has 0 aliphatic carbocycles. The van der Waals surface area contributed by atoms with E-state index in [1.54, 1.807) is 0 Å². The summed E-state index contributed by atoms with van der Waals surface area (Å²) in [4.78, 5) is 4.74. The van der Waals surface area contributed by atoms with Gasteiger partial charge in [0.1, 0.15) is 5.76 Å². The Kier molecular flexibility index (Phi) is 10.2. The van der Waals surface area contributed by atoms with E-state index < -0.39 is 0 Å². The third-order valence-electron chi connectivity index (χ3n) is 4.90. The molecule has 172 valence electrons. The molecule has 0 aliphatic heterocycles. The monoisotopic (exact) mass is 430 g/mol. The molecule has 0 saturated heterocycles. The molecule has 2 rings (SSSR count). The van der Waals surface area contributed by atoms with Crippen molar-refractivity contribution in [1.82, 2.24) is 15.8 Å². The Morgan fingerprint density at radius 3 is 2.42 bits per heavy atom. The highest BCUT2D eigenvalue weighted by Crippen LogP contribution is 2.31. The first-order chi connectivity index (χ1) is 15.0. The molecule has 0 radical (unpaired) electrons. The highest BCUT2D eigenvalue weighted by atomic mass is 16.5. The molecule has 0 amide bonds. The maximum Gasteiger partial charge on any atom is 0.191 e. The molecule has 0 bridgehead atoms. The van der Waals surface area contributed by atoms with Crippen molar-refractivity contribution >= 4 is 5.96 Å². The number of rotatable bonds is 12. The van der Waals surface area contributed by atoms with E-state index in [1.807, 2.05) is 19.9 Å². The van der Waals surface area contributed by atoms with Crippen molar-refractivity contribution in [1.29, 1.82) is 0 Å². The Balaban J connectivity index is 2.08. The van der Waals surface area contributed by atoms with Crippen LogP contribution in [0.1, 0.15) is 69.2 Å². The van der Waals surface area contributed by atoms with Gasteiger partial charge in [-0.1, -0.05) is 25.1 Å². The second-order valence-electron chi connectivity index (χ2n) is 7.58. The molecule has 7 heteroatoms. The number of aromatic nitrogens is 1. The topological polar surface area (TPSA) is 80.9 Å². The number of ether oxygens (including phenoxy) is 2. The lowest BCUT2D eigenvalue weighted by molar-refractivity contribution is 0.268. The van der Waals surface area contributed by atoms with Crippen molar-refractivity contribution in [3.05, 3.63) is 40.8 Å².